The maximum Gasteiger partial charge on any atom is 0.0419 e. The fourth-order valence-corrected chi connectivity index (χ4v) is 3.41. The Labute approximate surface area is 118 Å². The van der Waals surface area contributed by atoms with Gasteiger partial charge in [-0.2, -0.15) is 0 Å². The molecule has 1 fully saturated rings. The molecule has 106 valence electrons. The van der Waals surface area contributed by atoms with Crippen molar-refractivity contribution in [3.8, 4) is 0 Å². The second-order valence-electron chi connectivity index (χ2n) is 5.88. The quantitative estimate of drug-likeness (QED) is 0.841. The molecule has 0 radical (unpaired) electrons. The molecule has 1 saturated carbocycles. The van der Waals surface area contributed by atoms with Gasteiger partial charge < -0.3 is 5.32 Å². The number of hydrogen-bond donors (Lipinski definition) is 1. The van der Waals surface area contributed by atoms with Gasteiger partial charge in [0.1, 0.15) is 0 Å². The van der Waals surface area contributed by atoms with Crippen LogP contribution >= 0.6 is 0 Å². The Morgan fingerprint density at radius 3 is 2.58 bits per heavy atom. The van der Waals surface area contributed by atoms with Crippen LogP contribution in [-0.2, 0) is 6.42 Å². The first-order valence-electron chi connectivity index (χ1n) is 7.96. The minimum atomic E-state index is 0.609. The van der Waals surface area contributed by atoms with Gasteiger partial charge >= 0.3 is 0 Å². The summed E-state index contributed by atoms with van der Waals surface area (Å²) in [5.41, 5.74) is 1.23. The lowest BCUT2D eigenvalue weighted by Crippen LogP contribution is -2.39. The molecule has 0 aromatic carbocycles. The van der Waals surface area contributed by atoms with E-state index < -0.39 is 0 Å². The molecule has 1 aliphatic carbocycles. The fraction of sp³-hybridized carbons (Fsp3) is 0.706. The van der Waals surface area contributed by atoms with Gasteiger partial charge in [0.25, 0.3) is 0 Å². The van der Waals surface area contributed by atoms with Gasteiger partial charge in [-0.25, -0.2) is 0 Å². The summed E-state index contributed by atoms with van der Waals surface area (Å²) in [6, 6.07) is 6.86. The normalized spacial score (nSPS) is 25.2. The average molecular weight is 260 g/mol. The molecule has 2 heteroatoms. The number of hydrogen-bond acceptors (Lipinski definition) is 2. The van der Waals surface area contributed by atoms with Gasteiger partial charge in [0, 0.05) is 24.4 Å². The largest absolute Gasteiger partial charge is 0.314 e. The van der Waals surface area contributed by atoms with Gasteiger partial charge in [-0.15, -0.1) is 0 Å². The summed E-state index contributed by atoms with van der Waals surface area (Å²) in [6.45, 7) is 5.61. The molecular weight excluding hydrogens is 232 g/mol. The predicted octanol–water partition coefficient (Wildman–Crippen LogP) is 3.82. The average Bonchev–Trinajstić information content (AvgIpc) is 2.48. The molecule has 1 unspecified atom stereocenters. The van der Waals surface area contributed by atoms with E-state index >= 15 is 0 Å². The smallest absolute Gasteiger partial charge is 0.0419 e. The zero-order chi connectivity index (χ0) is 13.5. The lowest BCUT2D eigenvalue weighted by molar-refractivity contribution is 0.217. The Balaban J connectivity index is 1.92. The van der Waals surface area contributed by atoms with E-state index in [2.05, 4.69) is 36.3 Å². The van der Waals surface area contributed by atoms with Crippen molar-refractivity contribution in [3.63, 3.8) is 0 Å². The fourth-order valence-electron chi connectivity index (χ4n) is 3.41. The molecule has 1 heterocycles. The van der Waals surface area contributed by atoms with Crippen LogP contribution in [0.5, 0.6) is 0 Å². The standard InChI is InChI=1S/C17H28N2/c1-3-14-8-10-15(11-9-14)17(18-4-2)13-16-7-5-6-12-19-16/h5-7,12,14-15,17-18H,3-4,8-11,13H2,1-2H3. The maximum atomic E-state index is 4.49. The molecular formula is C17H28N2. The summed E-state index contributed by atoms with van der Waals surface area (Å²) in [5, 5.41) is 3.69. The minimum absolute atomic E-state index is 0.609. The second-order valence-corrected chi connectivity index (χ2v) is 5.88. The number of pyridine rings is 1. The van der Waals surface area contributed by atoms with Crippen molar-refractivity contribution in [1.82, 2.24) is 10.3 Å². The monoisotopic (exact) mass is 260 g/mol. The Bertz CT molecular complexity index is 342. The molecule has 0 bridgehead atoms. The molecule has 0 spiro atoms. The first kappa shape index (κ1) is 14.5. The van der Waals surface area contributed by atoms with Crippen molar-refractivity contribution in [2.24, 2.45) is 11.8 Å². The summed E-state index contributed by atoms with van der Waals surface area (Å²) >= 11 is 0. The van der Waals surface area contributed by atoms with Crippen LogP contribution in [0.2, 0.25) is 0 Å². The summed E-state index contributed by atoms with van der Waals surface area (Å²) in [7, 11) is 0. The predicted molar refractivity (Wildman–Crippen MR) is 81.1 cm³/mol. The van der Waals surface area contributed by atoms with Crippen molar-refractivity contribution in [2.75, 3.05) is 6.54 Å². The van der Waals surface area contributed by atoms with E-state index in [1.54, 1.807) is 0 Å². The van der Waals surface area contributed by atoms with Crippen LogP contribution in [0, 0.1) is 11.8 Å². The third-order valence-corrected chi connectivity index (χ3v) is 4.66. The lowest BCUT2D eigenvalue weighted by Gasteiger charge is -2.34. The SMILES string of the molecule is CCNC(Cc1ccccn1)C1CCC(CC)CC1. The molecule has 19 heavy (non-hydrogen) atoms. The molecule has 1 aromatic heterocycles. The van der Waals surface area contributed by atoms with Crippen molar-refractivity contribution in [1.29, 1.82) is 0 Å². The molecule has 1 aliphatic rings. The van der Waals surface area contributed by atoms with Gasteiger partial charge in [-0.1, -0.05) is 39.2 Å². The van der Waals surface area contributed by atoms with Crippen molar-refractivity contribution < 1.29 is 0 Å². The van der Waals surface area contributed by atoms with E-state index in [9.17, 15) is 0 Å². The first-order chi connectivity index (χ1) is 9.33. The zero-order valence-corrected chi connectivity index (χ0v) is 12.4. The summed E-state index contributed by atoms with van der Waals surface area (Å²) in [6.07, 6.45) is 9.98. The highest BCUT2D eigenvalue weighted by Gasteiger charge is 2.26. The van der Waals surface area contributed by atoms with Gasteiger partial charge in [-0.05, 0) is 43.4 Å². The number of nitrogens with one attached hydrogen (secondary N) is 1. The Morgan fingerprint density at radius 1 is 1.21 bits per heavy atom. The second kappa shape index (κ2) is 7.64. The summed E-state index contributed by atoms with van der Waals surface area (Å²) < 4.78 is 0. The van der Waals surface area contributed by atoms with Crippen LogP contribution in [0.25, 0.3) is 0 Å². The topological polar surface area (TPSA) is 24.9 Å². The van der Waals surface area contributed by atoms with Crippen LogP contribution in [0.15, 0.2) is 24.4 Å². The van der Waals surface area contributed by atoms with E-state index in [1.165, 1.54) is 37.8 Å². The molecule has 0 aliphatic heterocycles. The highest BCUT2D eigenvalue weighted by molar-refractivity contribution is 5.06. The van der Waals surface area contributed by atoms with E-state index in [1.807, 2.05) is 12.3 Å². The van der Waals surface area contributed by atoms with Crippen molar-refractivity contribution in [3.05, 3.63) is 30.1 Å². The van der Waals surface area contributed by atoms with Crippen LogP contribution in [0.4, 0.5) is 0 Å². The van der Waals surface area contributed by atoms with Crippen molar-refractivity contribution in [2.45, 2.75) is 58.4 Å². The number of rotatable bonds is 6. The third-order valence-electron chi connectivity index (χ3n) is 4.66. The van der Waals surface area contributed by atoms with Gasteiger partial charge in [-0.3, -0.25) is 4.98 Å². The van der Waals surface area contributed by atoms with Gasteiger partial charge in [0.2, 0.25) is 0 Å². The summed E-state index contributed by atoms with van der Waals surface area (Å²) in [5.74, 6) is 1.82. The first-order valence-corrected chi connectivity index (χ1v) is 7.96. The van der Waals surface area contributed by atoms with E-state index in [0.29, 0.717) is 6.04 Å². The molecule has 0 amide bonds. The van der Waals surface area contributed by atoms with E-state index in [4.69, 9.17) is 0 Å². The molecule has 0 saturated heterocycles. The molecule has 2 nitrogen and oxygen atoms in total. The number of aromatic nitrogens is 1. The molecule has 2 rings (SSSR count). The van der Waals surface area contributed by atoms with Crippen molar-refractivity contribution >= 4 is 0 Å². The van der Waals surface area contributed by atoms with Crippen LogP contribution in [0.1, 0.15) is 51.6 Å². The molecule has 1 N–H and O–H groups in total. The minimum Gasteiger partial charge on any atom is -0.314 e. The molecule has 1 atom stereocenters. The van der Waals surface area contributed by atoms with Crippen LogP contribution < -0.4 is 5.32 Å². The van der Waals surface area contributed by atoms with Crippen LogP contribution in [-0.4, -0.2) is 17.6 Å². The highest BCUT2D eigenvalue weighted by Crippen LogP contribution is 2.33. The Hall–Kier alpha value is -0.890. The zero-order valence-electron chi connectivity index (χ0n) is 12.4. The lowest BCUT2D eigenvalue weighted by atomic mass is 9.76. The summed E-state index contributed by atoms with van der Waals surface area (Å²) in [4.78, 5) is 4.49. The van der Waals surface area contributed by atoms with Gasteiger partial charge in [0.15, 0.2) is 0 Å². The number of likely N-dealkylation sites (N-methyl/N-ethyl adjacent to an activating group) is 1. The number of nitrogens with zero attached hydrogens (tertiary/aromatic N) is 1. The third kappa shape index (κ3) is 4.31. The van der Waals surface area contributed by atoms with E-state index in [-0.39, 0.29) is 0 Å². The van der Waals surface area contributed by atoms with Crippen LogP contribution in [0.3, 0.4) is 0 Å². The van der Waals surface area contributed by atoms with E-state index in [0.717, 1.165) is 24.8 Å². The van der Waals surface area contributed by atoms with Gasteiger partial charge in [0.05, 0.1) is 0 Å². The Kier molecular flexibility index (Phi) is 5.84. The molecule has 1 aromatic rings. The Morgan fingerprint density at radius 2 is 2.00 bits per heavy atom. The highest BCUT2D eigenvalue weighted by atomic mass is 14.9. The maximum absolute atomic E-state index is 4.49.